The quantitative estimate of drug-likeness (QED) is 0.449. The summed E-state index contributed by atoms with van der Waals surface area (Å²) in [5.41, 5.74) is 10.9. The van der Waals surface area contributed by atoms with E-state index in [1.165, 1.54) is 7.11 Å². The molecule has 2 atom stereocenters. The molecule has 6 heteroatoms. The van der Waals surface area contributed by atoms with Gasteiger partial charge in [0.15, 0.2) is 5.92 Å². The Balaban J connectivity index is 1.56. The lowest BCUT2D eigenvalue weighted by Crippen LogP contribution is -2.36. The SMILES string of the molecule is COc1ccccc1C(N)[C@@H](C(=O)O)C(=O)OCC1c2ccccc2-c2ccccc21. The highest BCUT2D eigenvalue weighted by molar-refractivity contribution is 5.95. The predicted molar refractivity (Wildman–Crippen MR) is 116 cm³/mol. The molecule has 0 saturated carbocycles. The molecule has 0 spiro atoms. The van der Waals surface area contributed by atoms with Crippen LogP contribution in [-0.4, -0.2) is 30.8 Å². The number of carboxylic acids is 1. The summed E-state index contributed by atoms with van der Waals surface area (Å²) in [7, 11) is 1.47. The van der Waals surface area contributed by atoms with Gasteiger partial charge in [-0.25, -0.2) is 0 Å². The number of ether oxygens (including phenoxy) is 2. The normalized spacial score (nSPS) is 14.3. The summed E-state index contributed by atoms with van der Waals surface area (Å²) < 4.78 is 10.8. The molecule has 0 heterocycles. The number of carboxylic acid groups (broad SMARTS) is 1. The van der Waals surface area contributed by atoms with Crippen LogP contribution in [0.1, 0.15) is 28.7 Å². The molecule has 3 N–H and O–H groups in total. The van der Waals surface area contributed by atoms with Crippen molar-refractivity contribution in [1.29, 1.82) is 0 Å². The summed E-state index contributed by atoms with van der Waals surface area (Å²) in [5, 5.41) is 9.72. The molecule has 1 unspecified atom stereocenters. The van der Waals surface area contributed by atoms with Crippen molar-refractivity contribution >= 4 is 11.9 Å². The number of aliphatic carboxylic acids is 1. The number of fused-ring (bicyclic) bond motifs is 3. The molecule has 3 aromatic carbocycles. The van der Waals surface area contributed by atoms with Crippen molar-refractivity contribution in [1.82, 2.24) is 0 Å². The molecule has 0 radical (unpaired) electrons. The summed E-state index contributed by atoms with van der Waals surface area (Å²) in [6.07, 6.45) is 0. The third kappa shape index (κ3) is 3.78. The fourth-order valence-corrected chi connectivity index (χ4v) is 4.22. The first-order valence-electron chi connectivity index (χ1n) is 9.99. The Kier molecular flexibility index (Phi) is 5.73. The molecule has 0 aliphatic heterocycles. The Labute approximate surface area is 180 Å². The monoisotopic (exact) mass is 417 g/mol. The van der Waals surface area contributed by atoms with Crippen LogP contribution in [-0.2, 0) is 14.3 Å². The third-order valence-electron chi connectivity index (χ3n) is 5.73. The Morgan fingerprint density at radius 3 is 2.06 bits per heavy atom. The van der Waals surface area contributed by atoms with Gasteiger partial charge in [-0.1, -0.05) is 66.7 Å². The number of carbonyl (C=O) groups is 2. The number of hydrogen-bond donors (Lipinski definition) is 2. The fraction of sp³-hybridized carbons (Fsp3) is 0.200. The van der Waals surface area contributed by atoms with E-state index in [-0.39, 0.29) is 12.5 Å². The van der Waals surface area contributed by atoms with Gasteiger partial charge in [0.25, 0.3) is 0 Å². The number of benzene rings is 3. The molecule has 1 aliphatic rings. The maximum Gasteiger partial charge on any atom is 0.322 e. The number of methoxy groups -OCH3 is 1. The van der Waals surface area contributed by atoms with Gasteiger partial charge in [-0.05, 0) is 28.3 Å². The lowest BCUT2D eigenvalue weighted by molar-refractivity contribution is -0.160. The molecule has 31 heavy (non-hydrogen) atoms. The highest BCUT2D eigenvalue weighted by atomic mass is 16.5. The molecule has 0 aromatic heterocycles. The van der Waals surface area contributed by atoms with E-state index in [0.29, 0.717) is 11.3 Å². The summed E-state index contributed by atoms with van der Waals surface area (Å²) in [6, 6.07) is 21.6. The molecular weight excluding hydrogens is 394 g/mol. The van der Waals surface area contributed by atoms with Gasteiger partial charge in [0, 0.05) is 11.5 Å². The zero-order chi connectivity index (χ0) is 22.0. The Bertz CT molecular complexity index is 1080. The number of carbonyl (C=O) groups excluding carboxylic acids is 1. The molecular formula is C25H23NO5. The van der Waals surface area contributed by atoms with Crippen molar-refractivity contribution in [3.8, 4) is 16.9 Å². The molecule has 0 saturated heterocycles. The minimum atomic E-state index is -1.55. The van der Waals surface area contributed by atoms with Crippen molar-refractivity contribution in [2.24, 2.45) is 11.7 Å². The summed E-state index contributed by atoms with van der Waals surface area (Å²) >= 11 is 0. The van der Waals surface area contributed by atoms with Gasteiger partial charge in [0.2, 0.25) is 0 Å². The molecule has 158 valence electrons. The molecule has 3 aromatic rings. The average molecular weight is 417 g/mol. The van der Waals surface area contributed by atoms with E-state index in [9.17, 15) is 14.7 Å². The molecule has 0 fully saturated rings. The smallest absolute Gasteiger partial charge is 0.322 e. The van der Waals surface area contributed by atoms with Crippen LogP contribution in [0, 0.1) is 5.92 Å². The van der Waals surface area contributed by atoms with Crippen molar-refractivity contribution in [2.45, 2.75) is 12.0 Å². The lowest BCUT2D eigenvalue weighted by Gasteiger charge is -2.22. The van der Waals surface area contributed by atoms with E-state index in [1.54, 1.807) is 24.3 Å². The second-order valence-electron chi connectivity index (χ2n) is 7.44. The molecule has 0 amide bonds. The number of para-hydroxylation sites is 1. The molecule has 0 bridgehead atoms. The Hall–Kier alpha value is -3.64. The summed E-state index contributed by atoms with van der Waals surface area (Å²) in [6.45, 7) is 0.0370. The summed E-state index contributed by atoms with van der Waals surface area (Å²) in [5.74, 6) is -3.49. The topological polar surface area (TPSA) is 98.9 Å². The van der Waals surface area contributed by atoms with Crippen LogP contribution in [0.5, 0.6) is 5.75 Å². The number of rotatable bonds is 7. The van der Waals surface area contributed by atoms with Crippen LogP contribution in [0.4, 0.5) is 0 Å². The first-order valence-corrected chi connectivity index (χ1v) is 9.99. The van der Waals surface area contributed by atoms with Gasteiger partial charge in [-0.15, -0.1) is 0 Å². The van der Waals surface area contributed by atoms with Crippen molar-refractivity contribution in [2.75, 3.05) is 13.7 Å². The van der Waals surface area contributed by atoms with Crippen LogP contribution in [0.15, 0.2) is 72.8 Å². The first kappa shape index (κ1) is 20.6. The Morgan fingerprint density at radius 1 is 0.935 bits per heavy atom. The first-order chi connectivity index (χ1) is 15.0. The average Bonchev–Trinajstić information content (AvgIpc) is 3.11. The zero-order valence-corrected chi connectivity index (χ0v) is 17.0. The van der Waals surface area contributed by atoms with Crippen molar-refractivity contribution in [3.63, 3.8) is 0 Å². The minimum absolute atomic E-state index is 0.0370. The number of nitrogens with two attached hydrogens (primary N) is 1. The number of hydrogen-bond acceptors (Lipinski definition) is 5. The Morgan fingerprint density at radius 2 is 1.48 bits per heavy atom. The van der Waals surface area contributed by atoms with E-state index >= 15 is 0 Å². The van der Waals surface area contributed by atoms with Gasteiger partial charge >= 0.3 is 11.9 Å². The second-order valence-corrected chi connectivity index (χ2v) is 7.44. The van der Waals surface area contributed by atoms with Gasteiger partial charge in [0.1, 0.15) is 12.4 Å². The van der Waals surface area contributed by atoms with E-state index in [0.717, 1.165) is 22.3 Å². The van der Waals surface area contributed by atoms with Crippen LogP contribution in [0.2, 0.25) is 0 Å². The third-order valence-corrected chi connectivity index (χ3v) is 5.73. The van der Waals surface area contributed by atoms with Crippen LogP contribution >= 0.6 is 0 Å². The zero-order valence-electron chi connectivity index (χ0n) is 17.0. The highest BCUT2D eigenvalue weighted by Crippen LogP contribution is 2.44. The fourth-order valence-electron chi connectivity index (χ4n) is 4.22. The highest BCUT2D eigenvalue weighted by Gasteiger charge is 2.38. The van der Waals surface area contributed by atoms with Gasteiger partial charge in [-0.3, -0.25) is 9.59 Å². The molecule has 1 aliphatic carbocycles. The largest absolute Gasteiger partial charge is 0.496 e. The minimum Gasteiger partial charge on any atom is -0.496 e. The lowest BCUT2D eigenvalue weighted by atomic mass is 9.93. The molecule has 6 nitrogen and oxygen atoms in total. The van der Waals surface area contributed by atoms with Crippen LogP contribution < -0.4 is 10.5 Å². The van der Waals surface area contributed by atoms with E-state index < -0.39 is 23.9 Å². The van der Waals surface area contributed by atoms with Crippen LogP contribution in [0.25, 0.3) is 11.1 Å². The maximum atomic E-state index is 12.9. The summed E-state index contributed by atoms with van der Waals surface area (Å²) in [4.78, 5) is 24.8. The van der Waals surface area contributed by atoms with Gasteiger partial charge < -0.3 is 20.3 Å². The standard InChI is InChI=1S/C25H23NO5/c1-30-21-13-7-6-12-19(21)23(26)22(24(27)28)25(29)31-14-20-17-10-4-2-8-15(17)16-9-3-5-11-18(16)20/h2-13,20,22-23H,14,26H2,1H3,(H,27,28)/t22-,23?/m0/s1. The number of esters is 1. The van der Waals surface area contributed by atoms with Crippen LogP contribution in [0.3, 0.4) is 0 Å². The van der Waals surface area contributed by atoms with Gasteiger partial charge in [0.05, 0.1) is 13.2 Å². The van der Waals surface area contributed by atoms with Gasteiger partial charge in [-0.2, -0.15) is 0 Å². The molecule has 4 rings (SSSR count). The van der Waals surface area contributed by atoms with E-state index in [2.05, 4.69) is 0 Å². The van der Waals surface area contributed by atoms with E-state index in [4.69, 9.17) is 15.2 Å². The second kappa shape index (κ2) is 8.62. The van der Waals surface area contributed by atoms with Crippen molar-refractivity contribution in [3.05, 3.63) is 89.5 Å². The van der Waals surface area contributed by atoms with Crippen molar-refractivity contribution < 1.29 is 24.2 Å². The van der Waals surface area contributed by atoms with E-state index in [1.807, 2.05) is 48.5 Å². The maximum absolute atomic E-state index is 12.9. The predicted octanol–water partition coefficient (Wildman–Crippen LogP) is 3.75.